The Kier molecular flexibility index (Phi) is 3.70. The Morgan fingerprint density at radius 3 is 2.92 bits per heavy atom. The quantitative estimate of drug-likeness (QED) is 0.919. The molecule has 2 aromatic rings. The van der Waals surface area contributed by atoms with Crippen LogP contribution in [0.4, 0.5) is 11.4 Å². The summed E-state index contributed by atoms with van der Waals surface area (Å²) in [5, 5.41) is 12.7. The average molecular weight is 317 g/mol. The molecule has 2 aliphatic rings. The van der Waals surface area contributed by atoms with Gasteiger partial charge in [-0.1, -0.05) is 30.7 Å². The van der Waals surface area contributed by atoms with Gasteiger partial charge in [-0.05, 0) is 42.7 Å². The van der Waals surface area contributed by atoms with Crippen LogP contribution in [0.5, 0.6) is 0 Å². The van der Waals surface area contributed by atoms with Gasteiger partial charge in [0.25, 0.3) is 0 Å². The van der Waals surface area contributed by atoms with E-state index in [2.05, 4.69) is 11.4 Å². The molecule has 0 aromatic heterocycles. The number of para-hydroxylation sites is 2. The van der Waals surface area contributed by atoms with Crippen molar-refractivity contribution >= 4 is 17.3 Å². The van der Waals surface area contributed by atoms with Crippen molar-refractivity contribution < 1.29 is 4.79 Å². The van der Waals surface area contributed by atoms with Crippen molar-refractivity contribution in [3.8, 4) is 6.07 Å². The zero-order valence-corrected chi connectivity index (χ0v) is 13.4. The van der Waals surface area contributed by atoms with E-state index in [1.54, 1.807) is 6.07 Å². The highest BCUT2D eigenvalue weighted by Crippen LogP contribution is 2.39. The van der Waals surface area contributed by atoms with Gasteiger partial charge < -0.3 is 10.2 Å². The molecule has 120 valence electrons. The fourth-order valence-corrected chi connectivity index (χ4v) is 3.86. The van der Waals surface area contributed by atoms with E-state index in [-0.39, 0.29) is 17.9 Å². The van der Waals surface area contributed by atoms with Crippen molar-refractivity contribution in [2.45, 2.75) is 31.8 Å². The summed E-state index contributed by atoms with van der Waals surface area (Å²) in [4.78, 5) is 15.1. The maximum atomic E-state index is 13.2. The number of nitrogens with one attached hydrogen (secondary N) is 1. The van der Waals surface area contributed by atoms with Gasteiger partial charge in [0, 0.05) is 6.04 Å². The molecule has 2 aromatic carbocycles. The van der Waals surface area contributed by atoms with Crippen molar-refractivity contribution in [3.05, 3.63) is 59.7 Å². The van der Waals surface area contributed by atoms with Crippen LogP contribution in [0.3, 0.4) is 0 Å². The lowest BCUT2D eigenvalue weighted by Crippen LogP contribution is -2.38. The summed E-state index contributed by atoms with van der Waals surface area (Å²) in [6.45, 7) is 0.496. The highest BCUT2D eigenvalue weighted by atomic mass is 16.2. The van der Waals surface area contributed by atoms with E-state index in [0.29, 0.717) is 12.1 Å². The number of carbonyl (C=O) groups excluding carboxylic acids is 1. The van der Waals surface area contributed by atoms with Gasteiger partial charge in [0.2, 0.25) is 5.91 Å². The molecule has 4 heteroatoms. The number of rotatable bonds is 2. The fraction of sp³-hybridized carbons (Fsp3) is 0.300. The number of anilines is 2. The minimum atomic E-state index is 0.0385. The van der Waals surface area contributed by atoms with Gasteiger partial charge in [0.05, 0.1) is 35.5 Å². The Morgan fingerprint density at radius 2 is 2.04 bits per heavy atom. The van der Waals surface area contributed by atoms with Crippen LogP contribution in [0.2, 0.25) is 0 Å². The van der Waals surface area contributed by atoms with Crippen LogP contribution in [-0.2, 0) is 11.3 Å². The number of benzene rings is 2. The topological polar surface area (TPSA) is 56.1 Å². The van der Waals surface area contributed by atoms with Crippen molar-refractivity contribution in [1.82, 2.24) is 0 Å². The first-order valence-electron chi connectivity index (χ1n) is 8.42. The van der Waals surface area contributed by atoms with Gasteiger partial charge in [-0.25, -0.2) is 0 Å². The third kappa shape index (κ3) is 2.52. The molecule has 1 heterocycles. The third-order valence-corrected chi connectivity index (χ3v) is 5.03. The minimum absolute atomic E-state index is 0.0385. The monoisotopic (exact) mass is 317 g/mol. The summed E-state index contributed by atoms with van der Waals surface area (Å²) >= 11 is 0. The molecule has 1 aliphatic heterocycles. The molecule has 1 aliphatic carbocycles. The third-order valence-electron chi connectivity index (χ3n) is 5.03. The second-order valence-electron chi connectivity index (χ2n) is 6.54. The molecule has 0 bridgehead atoms. The van der Waals surface area contributed by atoms with E-state index in [9.17, 15) is 4.79 Å². The van der Waals surface area contributed by atoms with Crippen molar-refractivity contribution in [1.29, 1.82) is 5.26 Å². The Hall–Kier alpha value is -2.80. The predicted octanol–water partition coefficient (Wildman–Crippen LogP) is 3.69. The first-order chi connectivity index (χ1) is 11.8. The summed E-state index contributed by atoms with van der Waals surface area (Å²) < 4.78 is 0. The van der Waals surface area contributed by atoms with E-state index < -0.39 is 0 Å². The minimum Gasteiger partial charge on any atom is -0.380 e. The maximum Gasteiger partial charge on any atom is 0.232 e. The summed E-state index contributed by atoms with van der Waals surface area (Å²) in [5.41, 5.74) is 3.56. The van der Waals surface area contributed by atoms with E-state index in [1.165, 1.54) is 0 Å². The second-order valence-corrected chi connectivity index (χ2v) is 6.54. The van der Waals surface area contributed by atoms with Crippen LogP contribution in [-0.4, -0.2) is 11.9 Å². The SMILES string of the molecule is N#Cc1cccc(CN2C(=O)C3CCCC3Nc3ccccc32)c1. The molecule has 1 saturated carbocycles. The molecular formula is C20H19N3O. The Bertz CT molecular complexity index is 824. The lowest BCUT2D eigenvalue weighted by molar-refractivity contribution is -0.122. The van der Waals surface area contributed by atoms with Gasteiger partial charge in [-0.15, -0.1) is 0 Å². The normalized spacial score (nSPS) is 22.1. The van der Waals surface area contributed by atoms with E-state index in [4.69, 9.17) is 5.26 Å². The van der Waals surface area contributed by atoms with E-state index in [1.807, 2.05) is 47.4 Å². The van der Waals surface area contributed by atoms with Crippen LogP contribution in [0, 0.1) is 17.2 Å². The highest BCUT2D eigenvalue weighted by molar-refractivity contribution is 6.00. The van der Waals surface area contributed by atoms with Crippen LogP contribution < -0.4 is 10.2 Å². The summed E-state index contributed by atoms with van der Waals surface area (Å²) in [6, 6.07) is 17.9. The first-order valence-corrected chi connectivity index (χ1v) is 8.42. The molecule has 24 heavy (non-hydrogen) atoms. The lowest BCUT2D eigenvalue weighted by atomic mass is 10.0. The number of hydrogen-bond acceptors (Lipinski definition) is 3. The summed E-state index contributed by atoms with van der Waals surface area (Å²) in [5.74, 6) is 0.230. The molecule has 2 unspecified atom stereocenters. The van der Waals surface area contributed by atoms with Gasteiger partial charge in [-0.2, -0.15) is 5.26 Å². The van der Waals surface area contributed by atoms with Crippen LogP contribution in [0.15, 0.2) is 48.5 Å². The standard InChI is InChI=1S/C20H19N3O/c21-12-14-5-3-6-15(11-14)13-23-19-10-2-1-8-18(19)22-17-9-4-7-16(17)20(23)24/h1-3,5-6,8,10-11,16-17,22H,4,7,9,13H2. The maximum absolute atomic E-state index is 13.2. The largest absolute Gasteiger partial charge is 0.380 e. The molecule has 0 saturated heterocycles. The molecule has 4 nitrogen and oxygen atoms in total. The Balaban J connectivity index is 1.74. The molecule has 0 radical (unpaired) electrons. The smallest absolute Gasteiger partial charge is 0.232 e. The number of nitriles is 1. The predicted molar refractivity (Wildman–Crippen MR) is 93.5 cm³/mol. The first kappa shape index (κ1) is 14.8. The van der Waals surface area contributed by atoms with Gasteiger partial charge in [0.15, 0.2) is 0 Å². The molecule has 1 fully saturated rings. The Morgan fingerprint density at radius 1 is 1.17 bits per heavy atom. The fourth-order valence-electron chi connectivity index (χ4n) is 3.86. The second kappa shape index (κ2) is 6.01. The van der Waals surface area contributed by atoms with E-state index >= 15 is 0 Å². The number of fused-ring (bicyclic) bond motifs is 2. The van der Waals surface area contributed by atoms with Crippen LogP contribution in [0.1, 0.15) is 30.4 Å². The molecule has 4 rings (SSSR count). The lowest BCUT2D eigenvalue weighted by Gasteiger charge is -2.25. The van der Waals surface area contributed by atoms with E-state index in [0.717, 1.165) is 36.2 Å². The van der Waals surface area contributed by atoms with Crippen molar-refractivity contribution in [2.24, 2.45) is 5.92 Å². The molecule has 1 amide bonds. The number of hydrogen-bond donors (Lipinski definition) is 1. The van der Waals surface area contributed by atoms with Gasteiger partial charge >= 0.3 is 0 Å². The van der Waals surface area contributed by atoms with Crippen molar-refractivity contribution in [3.63, 3.8) is 0 Å². The molecular weight excluding hydrogens is 298 g/mol. The average Bonchev–Trinajstić information content (AvgIpc) is 3.04. The van der Waals surface area contributed by atoms with Gasteiger partial charge in [-0.3, -0.25) is 4.79 Å². The highest BCUT2D eigenvalue weighted by Gasteiger charge is 2.39. The van der Waals surface area contributed by atoms with Crippen LogP contribution in [0.25, 0.3) is 0 Å². The molecule has 1 N–H and O–H groups in total. The van der Waals surface area contributed by atoms with Crippen LogP contribution >= 0.6 is 0 Å². The van der Waals surface area contributed by atoms with Crippen molar-refractivity contribution in [2.75, 3.05) is 10.2 Å². The Labute approximate surface area is 141 Å². The number of nitrogens with zero attached hydrogens (tertiary/aromatic N) is 2. The zero-order chi connectivity index (χ0) is 16.5. The number of amides is 1. The molecule has 2 atom stereocenters. The summed E-state index contributed by atoms with van der Waals surface area (Å²) in [6.07, 6.45) is 3.08. The zero-order valence-electron chi connectivity index (χ0n) is 13.4. The summed E-state index contributed by atoms with van der Waals surface area (Å²) in [7, 11) is 0. The number of carbonyl (C=O) groups is 1. The molecule has 0 spiro atoms. The van der Waals surface area contributed by atoms with Gasteiger partial charge in [0.1, 0.15) is 0 Å².